The smallest absolute Gasteiger partial charge is 0.339 e. The number of hydrogen-bond donors (Lipinski definition) is 2. The molecule has 3 heterocycles. The predicted octanol–water partition coefficient (Wildman–Crippen LogP) is 2.53. The van der Waals surface area contributed by atoms with Crippen molar-refractivity contribution in [1.29, 1.82) is 0 Å². The van der Waals surface area contributed by atoms with Crippen molar-refractivity contribution in [2.75, 3.05) is 7.11 Å². The summed E-state index contributed by atoms with van der Waals surface area (Å²) < 4.78 is 22.4. The molecule has 2 fully saturated rings. The van der Waals surface area contributed by atoms with Crippen LogP contribution in [0.25, 0.3) is 6.08 Å². The Morgan fingerprint density at radius 1 is 1.07 bits per heavy atom. The van der Waals surface area contributed by atoms with Gasteiger partial charge in [0.2, 0.25) is 0 Å². The summed E-state index contributed by atoms with van der Waals surface area (Å²) in [5, 5.41) is 21.5. The average molecular weight is 418 g/mol. The quantitative estimate of drug-likeness (QED) is 0.709. The molecule has 2 N–H and O–H groups in total. The predicted molar refractivity (Wildman–Crippen MR) is 112 cm³/mol. The van der Waals surface area contributed by atoms with E-state index in [4.69, 9.17) is 18.6 Å². The number of ether oxygens (including phenoxy) is 3. The fourth-order valence-corrected chi connectivity index (χ4v) is 4.37. The molecule has 1 aromatic heterocycles. The van der Waals surface area contributed by atoms with Gasteiger partial charge in [0.25, 0.3) is 0 Å². The molecule has 0 amide bonds. The first-order valence-electron chi connectivity index (χ1n) is 9.93. The van der Waals surface area contributed by atoms with Gasteiger partial charge in [-0.2, -0.15) is 0 Å². The Balaban J connectivity index is 1.74. The largest absolute Gasteiger partial charge is 0.496 e. The summed E-state index contributed by atoms with van der Waals surface area (Å²) in [6.45, 7) is 8.92. The third-order valence-electron chi connectivity index (χ3n) is 6.28. The monoisotopic (exact) mass is 418 g/mol. The van der Waals surface area contributed by atoms with Crippen LogP contribution in [0.2, 0.25) is 0 Å². The van der Waals surface area contributed by atoms with Crippen molar-refractivity contribution >= 4 is 6.08 Å². The highest BCUT2D eigenvalue weighted by Gasteiger charge is 2.70. The molecule has 0 spiro atoms. The second kappa shape index (κ2) is 7.81. The van der Waals surface area contributed by atoms with Crippen molar-refractivity contribution < 1.29 is 28.8 Å². The Morgan fingerprint density at radius 3 is 2.40 bits per heavy atom. The van der Waals surface area contributed by atoms with Gasteiger partial charge in [-0.25, -0.2) is 4.79 Å². The van der Waals surface area contributed by atoms with E-state index in [2.05, 4.69) is 0 Å². The standard InChI is InChI=1S/C23H30O7/c1-14-16(28-18(24)13-17(14)27-6)11-9-7-8-10-12-21(3)19(25)23(5)20(26)22(4,30-21)15(2)29-23/h7-13,15,19-20,25-26H,1-6H3/b8-7+,11-9+,12-10+/t15-,19+,20-,21+,22+,23-/m1/s1. The van der Waals surface area contributed by atoms with E-state index in [9.17, 15) is 15.0 Å². The van der Waals surface area contributed by atoms with Crippen molar-refractivity contribution in [2.45, 2.75) is 69.7 Å². The van der Waals surface area contributed by atoms with Crippen LogP contribution in [0.5, 0.6) is 5.75 Å². The van der Waals surface area contributed by atoms with Crippen molar-refractivity contribution in [1.82, 2.24) is 0 Å². The minimum atomic E-state index is -1.11. The summed E-state index contributed by atoms with van der Waals surface area (Å²) in [4.78, 5) is 11.6. The molecular weight excluding hydrogens is 388 g/mol. The fraction of sp³-hybridized carbons (Fsp3) is 0.522. The summed E-state index contributed by atoms with van der Waals surface area (Å²) in [5.41, 5.74) is -2.81. The van der Waals surface area contributed by atoms with Gasteiger partial charge in [0.1, 0.15) is 40.5 Å². The van der Waals surface area contributed by atoms with E-state index in [-0.39, 0.29) is 6.10 Å². The normalized spacial score (nSPS) is 38.9. The van der Waals surface area contributed by atoms with E-state index < -0.39 is 34.6 Å². The second-order valence-corrected chi connectivity index (χ2v) is 8.44. The van der Waals surface area contributed by atoms with Crippen molar-refractivity contribution in [3.63, 3.8) is 0 Å². The molecule has 2 aliphatic rings. The molecule has 2 bridgehead atoms. The highest BCUT2D eigenvalue weighted by molar-refractivity contribution is 5.52. The zero-order chi connectivity index (χ0) is 22.3. The van der Waals surface area contributed by atoms with E-state index in [1.807, 2.05) is 6.92 Å². The summed E-state index contributed by atoms with van der Waals surface area (Å²) in [6.07, 6.45) is 8.11. The molecule has 0 radical (unpaired) electrons. The molecule has 2 saturated heterocycles. The van der Waals surface area contributed by atoms with E-state index in [1.54, 1.807) is 64.2 Å². The Hall–Kier alpha value is -2.19. The van der Waals surface area contributed by atoms with Crippen molar-refractivity contribution in [3.05, 3.63) is 58.2 Å². The van der Waals surface area contributed by atoms with Crippen LogP contribution >= 0.6 is 0 Å². The van der Waals surface area contributed by atoms with Gasteiger partial charge >= 0.3 is 5.63 Å². The number of allylic oxidation sites excluding steroid dienone is 4. The zero-order valence-corrected chi connectivity index (χ0v) is 18.2. The minimum Gasteiger partial charge on any atom is -0.496 e. The molecule has 6 atom stereocenters. The first kappa shape index (κ1) is 22.5. The van der Waals surface area contributed by atoms with Crippen LogP contribution in [0.4, 0.5) is 0 Å². The molecule has 0 saturated carbocycles. The third kappa shape index (κ3) is 3.56. The van der Waals surface area contributed by atoms with Crippen molar-refractivity contribution in [2.24, 2.45) is 0 Å². The van der Waals surface area contributed by atoms with E-state index in [0.717, 1.165) is 5.56 Å². The lowest BCUT2D eigenvalue weighted by Crippen LogP contribution is -2.69. The Morgan fingerprint density at radius 2 is 1.73 bits per heavy atom. The zero-order valence-electron chi connectivity index (χ0n) is 18.2. The van der Waals surface area contributed by atoms with Crippen LogP contribution in [-0.4, -0.2) is 52.4 Å². The van der Waals surface area contributed by atoms with Crippen LogP contribution in [-0.2, 0) is 9.47 Å². The number of aliphatic hydroxyl groups is 2. The lowest BCUT2D eigenvalue weighted by atomic mass is 9.73. The molecule has 1 aromatic rings. The number of fused-ring (bicyclic) bond motifs is 2. The Bertz CT molecular complexity index is 945. The molecule has 7 heteroatoms. The van der Waals surface area contributed by atoms with E-state index in [0.29, 0.717) is 11.5 Å². The minimum absolute atomic E-state index is 0.360. The van der Waals surface area contributed by atoms with Gasteiger partial charge in [0, 0.05) is 5.56 Å². The van der Waals surface area contributed by atoms with Crippen LogP contribution in [0, 0.1) is 6.92 Å². The highest BCUT2D eigenvalue weighted by Crippen LogP contribution is 2.52. The Kier molecular flexibility index (Phi) is 5.86. The molecule has 0 aliphatic carbocycles. The lowest BCUT2D eigenvalue weighted by molar-refractivity contribution is -0.261. The topological polar surface area (TPSA) is 98.4 Å². The van der Waals surface area contributed by atoms with Gasteiger partial charge in [-0.15, -0.1) is 0 Å². The number of hydrogen-bond acceptors (Lipinski definition) is 7. The Labute approximate surface area is 176 Å². The van der Waals surface area contributed by atoms with Crippen LogP contribution < -0.4 is 10.4 Å². The molecule has 0 aromatic carbocycles. The summed E-state index contributed by atoms with van der Waals surface area (Å²) in [6, 6.07) is 1.30. The molecule has 7 nitrogen and oxygen atoms in total. The molecule has 30 heavy (non-hydrogen) atoms. The maximum Gasteiger partial charge on any atom is 0.339 e. The number of methoxy groups -OCH3 is 1. The lowest BCUT2D eigenvalue weighted by Gasteiger charge is -2.51. The number of aliphatic hydroxyl groups excluding tert-OH is 2. The van der Waals surface area contributed by atoms with Gasteiger partial charge in [0.15, 0.2) is 0 Å². The molecule has 164 valence electrons. The fourth-order valence-electron chi connectivity index (χ4n) is 4.37. The second-order valence-electron chi connectivity index (χ2n) is 8.44. The van der Waals surface area contributed by atoms with E-state index in [1.165, 1.54) is 13.2 Å². The molecule has 3 rings (SSSR count). The summed E-state index contributed by atoms with van der Waals surface area (Å²) >= 11 is 0. The number of rotatable bonds is 5. The SMILES string of the molecule is COc1cc(=O)oc(/C=C/C=C/C=C/[C@]2(C)O[C@]3(C)[C@@H](O)[C@](C)(O[C@@H]3C)[C@H]2O)c1C. The maximum atomic E-state index is 11.6. The van der Waals surface area contributed by atoms with E-state index >= 15 is 0 Å². The first-order chi connectivity index (χ1) is 14.0. The van der Waals surface area contributed by atoms with Gasteiger partial charge in [-0.05, 0) is 40.7 Å². The van der Waals surface area contributed by atoms with Gasteiger partial charge in [-0.3, -0.25) is 0 Å². The van der Waals surface area contributed by atoms with Gasteiger partial charge in [0.05, 0.1) is 19.3 Å². The molecule has 0 unspecified atom stereocenters. The third-order valence-corrected chi connectivity index (χ3v) is 6.28. The van der Waals surface area contributed by atoms with Crippen molar-refractivity contribution in [3.8, 4) is 5.75 Å². The van der Waals surface area contributed by atoms with Gasteiger partial charge in [-0.1, -0.05) is 30.4 Å². The maximum absolute atomic E-state index is 11.6. The molecule has 2 aliphatic heterocycles. The van der Waals surface area contributed by atoms with Crippen LogP contribution in [0.3, 0.4) is 0 Å². The molecular formula is C23H30O7. The van der Waals surface area contributed by atoms with Crippen LogP contribution in [0.1, 0.15) is 39.0 Å². The first-order valence-corrected chi connectivity index (χ1v) is 9.93. The average Bonchev–Trinajstić information content (AvgIpc) is 2.82. The summed E-state index contributed by atoms with van der Waals surface area (Å²) in [5.74, 6) is 0.893. The van der Waals surface area contributed by atoms with Crippen LogP contribution in [0.15, 0.2) is 45.7 Å². The van der Waals surface area contributed by atoms with Gasteiger partial charge < -0.3 is 28.8 Å². The highest BCUT2D eigenvalue weighted by atomic mass is 16.6. The summed E-state index contributed by atoms with van der Waals surface area (Å²) in [7, 11) is 1.50.